The maximum atomic E-state index is 12.7. The third-order valence-corrected chi connectivity index (χ3v) is 5.41. The summed E-state index contributed by atoms with van der Waals surface area (Å²) < 4.78 is 1.98. The number of amides is 1. The van der Waals surface area contributed by atoms with E-state index in [1.165, 1.54) is 11.1 Å². The Kier molecular flexibility index (Phi) is 4.79. The summed E-state index contributed by atoms with van der Waals surface area (Å²) in [6.07, 6.45) is 3.85. The zero-order valence-corrected chi connectivity index (χ0v) is 15.9. The van der Waals surface area contributed by atoms with Crippen LogP contribution in [0, 0.1) is 19.8 Å². The molecule has 1 saturated heterocycles. The van der Waals surface area contributed by atoms with E-state index in [-0.39, 0.29) is 11.8 Å². The number of carbonyl (C=O) groups excluding carboxylic acids is 1. The summed E-state index contributed by atoms with van der Waals surface area (Å²) in [6, 6.07) is 12.2. The van der Waals surface area contributed by atoms with E-state index in [4.69, 9.17) is 0 Å². The number of hydrogen-bond donors (Lipinski definition) is 1. The molecular formula is C21H25N5O. The number of rotatable bonds is 4. The Bertz CT molecular complexity index is 964. The third-order valence-electron chi connectivity index (χ3n) is 5.41. The number of piperidine rings is 1. The highest BCUT2D eigenvalue weighted by Gasteiger charge is 2.28. The van der Waals surface area contributed by atoms with Gasteiger partial charge in [0.2, 0.25) is 11.9 Å². The van der Waals surface area contributed by atoms with Crippen LogP contribution in [0.15, 0.2) is 42.6 Å². The molecule has 1 amide bonds. The van der Waals surface area contributed by atoms with E-state index in [9.17, 15) is 4.79 Å². The number of pyridine rings is 1. The van der Waals surface area contributed by atoms with Crippen molar-refractivity contribution in [1.82, 2.24) is 19.9 Å². The van der Waals surface area contributed by atoms with Gasteiger partial charge in [0, 0.05) is 25.8 Å². The van der Waals surface area contributed by atoms with Crippen LogP contribution in [0.4, 0.5) is 5.95 Å². The number of aromatic nitrogens is 3. The Morgan fingerprint density at radius 3 is 2.93 bits per heavy atom. The molecule has 2 aromatic heterocycles. The minimum Gasteiger partial charge on any atom is -0.352 e. The van der Waals surface area contributed by atoms with Crippen molar-refractivity contribution in [3.63, 3.8) is 0 Å². The second kappa shape index (κ2) is 7.39. The summed E-state index contributed by atoms with van der Waals surface area (Å²) in [5, 5.41) is 11.7. The van der Waals surface area contributed by atoms with Crippen molar-refractivity contribution in [2.45, 2.75) is 33.2 Å². The van der Waals surface area contributed by atoms with Crippen LogP contribution in [-0.4, -0.2) is 33.6 Å². The number of anilines is 1. The van der Waals surface area contributed by atoms with Crippen LogP contribution in [0.1, 0.15) is 29.5 Å². The van der Waals surface area contributed by atoms with Crippen LogP contribution in [-0.2, 0) is 11.3 Å². The highest BCUT2D eigenvalue weighted by molar-refractivity contribution is 5.79. The minimum atomic E-state index is -0.0265. The summed E-state index contributed by atoms with van der Waals surface area (Å²) in [4.78, 5) is 14.9. The Hall–Kier alpha value is -2.89. The quantitative estimate of drug-likeness (QED) is 0.774. The van der Waals surface area contributed by atoms with Crippen LogP contribution >= 0.6 is 0 Å². The van der Waals surface area contributed by atoms with Gasteiger partial charge < -0.3 is 10.2 Å². The van der Waals surface area contributed by atoms with Crippen molar-refractivity contribution < 1.29 is 4.79 Å². The van der Waals surface area contributed by atoms with Crippen molar-refractivity contribution in [2.75, 3.05) is 18.0 Å². The van der Waals surface area contributed by atoms with E-state index in [2.05, 4.69) is 52.5 Å². The number of nitrogens with one attached hydrogen (secondary N) is 1. The average molecular weight is 363 g/mol. The normalized spacial score (nSPS) is 17.3. The zero-order valence-electron chi connectivity index (χ0n) is 15.9. The Labute approximate surface area is 159 Å². The molecule has 1 aromatic carbocycles. The Balaban J connectivity index is 1.41. The number of hydrogen-bond acceptors (Lipinski definition) is 4. The van der Waals surface area contributed by atoms with E-state index >= 15 is 0 Å². The molecular weight excluding hydrogens is 338 g/mol. The summed E-state index contributed by atoms with van der Waals surface area (Å²) in [5.74, 6) is 0.908. The van der Waals surface area contributed by atoms with Gasteiger partial charge in [0.25, 0.3) is 0 Å². The molecule has 6 nitrogen and oxygen atoms in total. The first-order valence-electron chi connectivity index (χ1n) is 9.50. The third kappa shape index (κ3) is 3.65. The predicted molar refractivity (Wildman–Crippen MR) is 106 cm³/mol. The average Bonchev–Trinajstić information content (AvgIpc) is 3.13. The molecule has 6 heteroatoms. The van der Waals surface area contributed by atoms with Crippen LogP contribution in [0.25, 0.3) is 5.65 Å². The molecule has 27 heavy (non-hydrogen) atoms. The van der Waals surface area contributed by atoms with Crippen molar-refractivity contribution in [3.05, 3.63) is 59.3 Å². The summed E-state index contributed by atoms with van der Waals surface area (Å²) in [6.45, 7) is 6.35. The van der Waals surface area contributed by atoms with Gasteiger partial charge in [0.1, 0.15) is 0 Å². The molecule has 3 aromatic rings. The molecule has 1 N–H and O–H groups in total. The first-order valence-corrected chi connectivity index (χ1v) is 9.50. The van der Waals surface area contributed by atoms with Crippen molar-refractivity contribution in [2.24, 2.45) is 5.92 Å². The van der Waals surface area contributed by atoms with Gasteiger partial charge in [0.05, 0.1) is 5.92 Å². The van der Waals surface area contributed by atoms with Gasteiger partial charge in [-0.25, -0.2) is 0 Å². The lowest BCUT2D eigenvalue weighted by Crippen LogP contribution is -2.43. The topological polar surface area (TPSA) is 62.5 Å². The maximum absolute atomic E-state index is 12.7. The summed E-state index contributed by atoms with van der Waals surface area (Å²) in [7, 11) is 0. The predicted octanol–water partition coefficient (Wildman–Crippen LogP) is 2.88. The summed E-state index contributed by atoms with van der Waals surface area (Å²) in [5.41, 5.74) is 4.49. The van der Waals surface area contributed by atoms with Crippen molar-refractivity contribution in [1.29, 1.82) is 0 Å². The lowest BCUT2D eigenvalue weighted by Gasteiger charge is -2.32. The van der Waals surface area contributed by atoms with Crippen LogP contribution < -0.4 is 10.2 Å². The number of benzene rings is 1. The molecule has 0 saturated carbocycles. The monoisotopic (exact) mass is 363 g/mol. The first-order chi connectivity index (χ1) is 13.1. The Morgan fingerprint density at radius 1 is 1.19 bits per heavy atom. The fourth-order valence-corrected chi connectivity index (χ4v) is 3.66. The fraction of sp³-hybridized carbons (Fsp3) is 0.381. The van der Waals surface area contributed by atoms with Gasteiger partial charge >= 0.3 is 0 Å². The molecule has 1 unspecified atom stereocenters. The van der Waals surface area contributed by atoms with Crippen LogP contribution in [0.2, 0.25) is 0 Å². The highest BCUT2D eigenvalue weighted by Crippen LogP contribution is 2.22. The van der Waals surface area contributed by atoms with Crippen molar-refractivity contribution >= 4 is 17.5 Å². The van der Waals surface area contributed by atoms with Gasteiger partial charge in [0.15, 0.2) is 5.65 Å². The standard InChI is InChI=1S/C21H25N5O/c1-15-8-9-17(12-16(15)2)13-22-20(27)18-6-5-10-25(14-18)21-24-23-19-7-3-4-11-26(19)21/h3-4,7-9,11-12,18H,5-6,10,13-14H2,1-2H3,(H,22,27). The molecule has 1 aliphatic heterocycles. The van der Waals surface area contributed by atoms with E-state index in [0.29, 0.717) is 13.1 Å². The van der Waals surface area contributed by atoms with E-state index in [1.54, 1.807) is 0 Å². The molecule has 1 fully saturated rings. The minimum absolute atomic E-state index is 0.0265. The SMILES string of the molecule is Cc1ccc(CNC(=O)C2CCCN(c3nnc4ccccn34)C2)cc1C. The largest absolute Gasteiger partial charge is 0.352 e. The molecule has 3 heterocycles. The lowest BCUT2D eigenvalue weighted by molar-refractivity contribution is -0.125. The van der Waals surface area contributed by atoms with Crippen LogP contribution in [0.5, 0.6) is 0 Å². The lowest BCUT2D eigenvalue weighted by atomic mass is 9.97. The van der Waals surface area contributed by atoms with E-state index in [1.807, 2.05) is 28.8 Å². The second-order valence-electron chi connectivity index (χ2n) is 7.35. The maximum Gasteiger partial charge on any atom is 0.231 e. The molecule has 4 rings (SSSR count). The number of nitrogens with zero attached hydrogens (tertiary/aromatic N) is 4. The number of aryl methyl sites for hydroxylation is 2. The van der Waals surface area contributed by atoms with Crippen LogP contribution in [0.3, 0.4) is 0 Å². The van der Waals surface area contributed by atoms with Gasteiger partial charge in [-0.1, -0.05) is 24.3 Å². The molecule has 0 spiro atoms. The molecule has 0 bridgehead atoms. The number of fused-ring (bicyclic) bond motifs is 1. The fourth-order valence-electron chi connectivity index (χ4n) is 3.66. The number of carbonyl (C=O) groups is 1. The molecule has 0 aliphatic carbocycles. The molecule has 1 atom stereocenters. The van der Waals surface area contributed by atoms with Gasteiger partial charge in [-0.15, -0.1) is 10.2 Å². The highest BCUT2D eigenvalue weighted by atomic mass is 16.1. The Morgan fingerprint density at radius 2 is 2.07 bits per heavy atom. The summed E-state index contributed by atoms with van der Waals surface area (Å²) >= 11 is 0. The first kappa shape index (κ1) is 17.5. The molecule has 0 radical (unpaired) electrons. The van der Waals surface area contributed by atoms with Crippen molar-refractivity contribution in [3.8, 4) is 0 Å². The smallest absolute Gasteiger partial charge is 0.231 e. The van der Waals surface area contributed by atoms with Gasteiger partial charge in [-0.2, -0.15) is 0 Å². The van der Waals surface area contributed by atoms with Gasteiger partial charge in [-0.3, -0.25) is 9.20 Å². The molecule has 1 aliphatic rings. The van der Waals surface area contributed by atoms with E-state index < -0.39 is 0 Å². The van der Waals surface area contributed by atoms with Gasteiger partial charge in [-0.05, 0) is 55.5 Å². The second-order valence-corrected chi connectivity index (χ2v) is 7.35. The zero-order chi connectivity index (χ0) is 18.8. The van der Waals surface area contributed by atoms with E-state index in [0.717, 1.165) is 36.5 Å². The molecule has 140 valence electrons.